The standard InChI is InChI=1S/C6H15NSi/c1-6(2,7)5-8(3)4/h5H,7H2,1-4H3. The van der Waals surface area contributed by atoms with E-state index >= 15 is 0 Å². The molecule has 0 spiro atoms. The fourth-order valence-electron chi connectivity index (χ4n) is 0.744. The molecule has 8 heavy (non-hydrogen) atoms. The van der Waals surface area contributed by atoms with Crippen LogP contribution in [-0.4, -0.2) is 19.6 Å². The van der Waals surface area contributed by atoms with Gasteiger partial charge in [0.05, 0.1) is 0 Å². The molecule has 0 aliphatic rings. The highest BCUT2D eigenvalue weighted by Gasteiger charge is 2.03. The van der Waals surface area contributed by atoms with Crippen LogP contribution < -0.4 is 5.73 Å². The largest absolute Gasteiger partial charge is 0.323 e. The first kappa shape index (κ1) is 8.05. The second kappa shape index (κ2) is 2.55. The minimum absolute atomic E-state index is 0.0577. The van der Waals surface area contributed by atoms with Crippen molar-refractivity contribution in [2.75, 3.05) is 0 Å². The van der Waals surface area contributed by atoms with E-state index in [0.29, 0.717) is 0 Å². The molecule has 0 aliphatic heterocycles. The fraction of sp³-hybridized carbons (Fsp3) is 0.833. The molecule has 0 saturated heterocycles. The quantitative estimate of drug-likeness (QED) is 0.522. The van der Waals surface area contributed by atoms with Gasteiger partial charge in [0.15, 0.2) is 0 Å². The van der Waals surface area contributed by atoms with E-state index in [1.807, 2.05) is 13.8 Å². The molecule has 0 saturated carbocycles. The highest BCUT2D eigenvalue weighted by molar-refractivity contribution is 6.64. The lowest BCUT2D eigenvalue weighted by Crippen LogP contribution is -2.35. The zero-order chi connectivity index (χ0) is 6.78. The molecule has 2 heteroatoms. The Morgan fingerprint density at radius 2 is 1.75 bits per heavy atom. The van der Waals surface area contributed by atoms with Crippen LogP contribution in [0.2, 0.25) is 13.1 Å². The SMILES string of the molecule is C[Si](C)=CC(C)(C)N. The van der Waals surface area contributed by atoms with E-state index in [4.69, 9.17) is 5.73 Å². The lowest BCUT2D eigenvalue weighted by molar-refractivity contribution is 0.722. The van der Waals surface area contributed by atoms with E-state index in [-0.39, 0.29) is 13.9 Å². The molecule has 1 nitrogen and oxygen atoms in total. The summed E-state index contributed by atoms with van der Waals surface area (Å²) in [5.41, 5.74) is 7.88. The molecule has 2 N–H and O–H groups in total. The summed E-state index contributed by atoms with van der Waals surface area (Å²) in [6.45, 7) is 8.54. The molecule has 0 atom stereocenters. The Bertz CT molecular complexity index is 95.6. The maximum absolute atomic E-state index is 5.71. The Morgan fingerprint density at radius 3 is 1.75 bits per heavy atom. The average Bonchev–Trinajstić information content (AvgIpc) is 1.21. The number of hydrogen-bond acceptors (Lipinski definition) is 1. The first-order valence-electron chi connectivity index (χ1n) is 2.87. The number of hydrogen-bond donors (Lipinski definition) is 1. The van der Waals surface area contributed by atoms with Crippen molar-refractivity contribution in [1.29, 1.82) is 0 Å². The van der Waals surface area contributed by atoms with Gasteiger partial charge in [0.1, 0.15) is 0 Å². The van der Waals surface area contributed by atoms with Crippen molar-refractivity contribution in [3.8, 4) is 0 Å². The van der Waals surface area contributed by atoms with Gasteiger partial charge in [-0.3, -0.25) is 0 Å². The molecule has 0 aliphatic carbocycles. The first-order valence-corrected chi connectivity index (χ1v) is 5.44. The van der Waals surface area contributed by atoms with Crippen molar-refractivity contribution in [2.24, 2.45) is 5.73 Å². The molecular formula is C6H15NSi. The van der Waals surface area contributed by atoms with Gasteiger partial charge in [-0.15, -0.1) is 0 Å². The summed E-state index contributed by atoms with van der Waals surface area (Å²) >= 11 is 0. The summed E-state index contributed by atoms with van der Waals surface area (Å²) < 4.78 is 0. The van der Waals surface area contributed by atoms with Crippen LogP contribution in [0.3, 0.4) is 0 Å². The topological polar surface area (TPSA) is 26.0 Å². The van der Waals surface area contributed by atoms with Gasteiger partial charge >= 0.3 is 0 Å². The van der Waals surface area contributed by atoms with Crippen molar-refractivity contribution in [3.05, 3.63) is 0 Å². The third-order valence-electron chi connectivity index (χ3n) is 0.661. The van der Waals surface area contributed by atoms with Crippen LogP contribution in [-0.2, 0) is 0 Å². The molecule has 48 valence electrons. The maximum atomic E-state index is 5.71. The summed E-state index contributed by atoms with van der Waals surface area (Å²) in [5.74, 6) is 0. The molecule has 0 heterocycles. The highest BCUT2D eigenvalue weighted by atomic mass is 28.2. The number of rotatable bonds is 1. The zero-order valence-corrected chi connectivity index (χ0v) is 7.15. The minimum Gasteiger partial charge on any atom is -0.323 e. The Labute approximate surface area is 53.1 Å². The first-order chi connectivity index (χ1) is 3.42. The van der Waals surface area contributed by atoms with Gasteiger partial charge in [0, 0.05) is 13.9 Å². The molecule has 0 amide bonds. The van der Waals surface area contributed by atoms with Gasteiger partial charge < -0.3 is 5.73 Å². The summed E-state index contributed by atoms with van der Waals surface area (Å²) in [5, 5.41) is 0. The van der Waals surface area contributed by atoms with E-state index in [1.165, 1.54) is 0 Å². The van der Waals surface area contributed by atoms with Crippen molar-refractivity contribution in [1.82, 2.24) is 0 Å². The molecule has 0 radical (unpaired) electrons. The van der Waals surface area contributed by atoms with Crippen molar-refractivity contribution in [2.45, 2.75) is 32.5 Å². The van der Waals surface area contributed by atoms with Crippen molar-refractivity contribution in [3.63, 3.8) is 0 Å². The molecule has 0 rings (SSSR count). The second-order valence-electron chi connectivity index (χ2n) is 3.04. The fourth-order valence-corrected chi connectivity index (χ4v) is 2.23. The number of nitrogens with two attached hydrogens (primary N) is 1. The summed E-state index contributed by atoms with van der Waals surface area (Å²) in [6, 6.07) is 0. The van der Waals surface area contributed by atoms with Crippen LogP contribution in [0.4, 0.5) is 0 Å². The second-order valence-corrected chi connectivity index (χ2v) is 5.49. The average molecular weight is 129 g/mol. The smallest absolute Gasteiger partial charge is 0.0242 e. The van der Waals surface area contributed by atoms with Gasteiger partial charge in [-0.1, -0.05) is 18.8 Å². The molecule has 0 aromatic carbocycles. The van der Waals surface area contributed by atoms with E-state index in [0.717, 1.165) is 0 Å². The zero-order valence-electron chi connectivity index (χ0n) is 6.15. The van der Waals surface area contributed by atoms with Gasteiger partial charge in [-0.05, 0) is 13.8 Å². The Kier molecular flexibility index (Phi) is 2.57. The Balaban J connectivity index is 3.89. The van der Waals surface area contributed by atoms with Crippen LogP contribution in [0.25, 0.3) is 0 Å². The predicted molar refractivity (Wildman–Crippen MR) is 41.8 cm³/mol. The lowest BCUT2D eigenvalue weighted by Gasteiger charge is -2.12. The molecular weight excluding hydrogens is 114 g/mol. The van der Waals surface area contributed by atoms with Crippen LogP contribution in [0.15, 0.2) is 0 Å². The van der Waals surface area contributed by atoms with Gasteiger partial charge in [0.2, 0.25) is 0 Å². The predicted octanol–water partition coefficient (Wildman–Crippen LogP) is 0.862. The molecule has 0 fully saturated rings. The van der Waals surface area contributed by atoms with Crippen molar-refractivity contribution < 1.29 is 0 Å². The van der Waals surface area contributed by atoms with Crippen LogP contribution in [0.5, 0.6) is 0 Å². The third-order valence-corrected chi connectivity index (χ3v) is 1.98. The molecule has 0 aromatic rings. The van der Waals surface area contributed by atoms with Crippen LogP contribution >= 0.6 is 0 Å². The van der Waals surface area contributed by atoms with E-state index < -0.39 is 0 Å². The summed E-state index contributed by atoms with van der Waals surface area (Å²) in [4.78, 5) is 0. The van der Waals surface area contributed by atoms with E-state index in [9.17, 15) is 0 Å². The highest BCUT2D eigenvalue weighted by Crippen LogP contribution is 1.89. The van der Waals surface area contributed by atoms with E-state index in [2.05, 4.69) is 18.8 Å². The van der Waals surface area contributed by atoms with Crippen molar-refractivity contribution >= 4 is 14.1 Å². The third kappa shape index (κ3) is 6.05. The van der Waals surface area contributed by atoms with Gasteiger partial charge in [-0.25, -0.2) is 0 Å². The Morgan fingerprint density at radius 1 is 1.38 bits per heavy atom. The molecule has 0 aromatic heterocycles. The van der Waals surface area contributed by atoms with Gasteiger partial charge in [0.25, 0.3) is 0 Å². The van der Waals surface area contributed by atoms with Crippen LogP contribution in [0, 0.1) is 0 Å². The lowest BCUT2D eigenvalue weighted by atomic mass is 10.1. The monoisotopic (exact) mass is 129 g/mol. The van der Waals surface area contributed by atoms with Crippen LogP contribution in [0.1, 0.15) is 13.8 Å². The van der Waals surface area contributed by atoms with Gasteiger partial charge in [-0.2, -0.15) is 0 Å². The minimum atomic E-state index is -0.242. The Hall–Kier alpha value is 0.0469. The summed E-state index contributed by atoms with van der Waals surface area (Å²) in [6.07, 6.45) is 0. The summed E-state index contributed by atoms with van der Waals surface area (Å²) in [7, 11) is -0.242. The van der Waals surface area contributed by atoms with E-state index in [1.54, 1.807) is 0 Å². The molecule has 0 bridgehead atoms. The maximum Gasteiger partial charge on any atom is 0.0242 e. The normalized spacial score (nSPS) is 11.1. The molecule has 0 unspecified atom stereocenters.